The number of aromatic nitrogens is 4. The number of rotatable bonds is 2. The van der Waals surface area contributed by atoms with Crippen LogP contribution in [0.25, 0.3) is 10.2 Å². The van der Waals surface area contributed by atoms with Crippen molar-refractivity contribution in [1.82, 2.24) is 19.7 Å². The molecule has 0 saturated carbocycles. The van der Waals surface area contributed by atoms with E-state index in [-0.39, 0.29) is 12.1 Å². The van der Waals surface area contributed by atoms with Gasteiger partial charge in [0.25, 0.3) is 5.56 Å². The number of hydrogen-bond acceptors (Lipinski definition) is 6. The Morgan fingerprint density at radius 3 is 3.18 bits per heavy atom. The largest absolute Gasteiger partial charge is 0.337 e. The minimum absolute atomic E-state index is 0.0906. The van der Waals surface area contributed by atoms with Crippen LogP contribution in [0.15, 0.2) is 27.1 Å². The zero-order valence-electron chi connectivity index (χ0n) is 8.95. The van der Waals surface area contributed by atoms with Gasteiger partial charge in [0.05, 0.1) is 11.7 Å². The van der Waals surface area contributed by atoms with E-state index in [4.69, 9.17) is 4.52 Å². The molecule has 0 fully saturated rings. The second-order valence-corrected chi connectivity index (χ2v) is 4.45. The van der Waals surface area contributed by atoms with Gasteiger partial charge in [-0.2, -0.15) is 4.98 Å². The lowest BCUT2D eigenvalue weighted by Crippen LogP contribution is -2.20. The van der Waals surface area contributed by atoms with E-state index in [1.54, 1.807) is 13.0 Å². The number of hydrogen-bond donors (Lipinski definition) is 0. The topological polar surface area (TPSA) is 73.8 Å². The zero-order chi connectivity index (χ0) is 11.8. The maximum Gasteiger partial charge on any atom is 0.262 e. The Morgan fingerprint density at radius 1 is 1.53 bits per heavy atom. The van der Waals surface area contributed by atoms with Crippen molar-refractivity contribution in [2.75, 3.05) is 0 Å². The summed E-state index contributed by atoms with van der Waals surface area (Å²) in [6, 6.07) is 1.77. The molecule has 3 rings (SSSR count). The third-order valence-electron chi connectivity index (χ3n) is 2.33. The summed E-state index contributed by atoms with van der Waals surface area (Å²) in [4.78, 5) is 21.0. The zero-order valence-corrected chi connectivity index (χ0v) is 9.77. The SMILES string of the molecule is Cc1noc(Cn2cnc3sccc3c2=O)n1. The lowest BCUT2D eigenvalue weighted by molar-refractivity contribution is 0.366. The summed E-state index contributed by atoms with van der Waals surface area (Å²) in [7, 11) is 0. The highest BCUT2D eigenvalue weighted by atomic mass is 32.1. The summed E-state index contributed by atoms with van der Waals surface area (Å²) in [6.45, 7) is 1.98. The number of aryl methyl sites for hydroxylation is 1. The molecule has 3 aromatic heterocycles. The van der Waals surface area contributed by atoms with Crippen molar-refractivity contribution in [2.24, 2.45) is 0 Å². The average molecular weight is 248 g/mol. The standard InChI is InChI=1S/C10H8N4O2S/c1-6-12-8(16-13-6)4-14-5-11-9-7(10(14)15)2-3-17-9/h2-3,5H,4H2,1H3. The molecule has 0 aromatic carbocycles. The molecule has 3 aromatic rings. The Kier molecular flexibility index (Phi) is 2.25. The van der Waals surface area contributed by atoms with Crippen molar-refractivity contribution in [3.05, 3.63) is 39.8 Å². The van der Waals surface area contributed by atoms with Crippen LogP contribution >= 0.6 is 11.3 Å². The molecule has 0 bridgehead atoms. The normalized spacial score (nSPS) is 11.1. The van der Waals surface area contributed by atoms with Crippen LogP contribution in [0.3, 0.4) is 0 Å². The van der Waals surface area contributed by atoms with Crippen molar-refractivity contribution in [3.63, 3.8) is 0 Å². The minimum Gasteiger partial charge on any atom is -0.337 e. The fourth-order valence-electron chi connectivity index (χ4n) is 1.56. The molecule has 0 aliphatic carbocycles. The van der Waals surface area contributed by atoms with Gasteiger partial charge in [-0.1, -0.05) is 5.16 Å². The highest BCUT2D eigenvalue weighted by Crippen LogP contribution is 2.13. The molecule has 6 nitrogen and oxygen atoms in total. The summed E-state index contributed by atoms with van der Waals surface area (Å²) in [5.74, 6) is 0.957. The van der Waals surface area contributed by atoms with E-state index < -0.39 is 0 Å². The molecule has 0 spiro atoms. The summed E-state index contributed by atoms with van der Waals surface area (Å²) in [5.41, 5.74) is -0.0906. The molecule has 0 aliphatic heterocycles. The summed E-state index contributed by atoms with van der Waals surface area (Å²) < 4.78 is 6.43. The van der Waals surface area contributed by atoms with Gasteiger partial charge < -0.3 is 4.52 Å². The molecule has 0 aliphatic rings. The van der Waals surface area contributed by atoms with Gasteiger partial charge in [0, 0.05) is 0 Å². The first-order valence-electron chi connectivity index (χ1n) is 4.96. The van der Waals surface area contributed by atoms with Crippen LogP contribution in [0.4, 0.5) is 0 Å². The smallest absolute Gasteiger partial charge is 0.262 e. The molecule has 0 amide bonds. The van der Waals surface area contributed by atoms with Crippen molar-refractivity contribution < 1.29 is 4.52 Å². The van der Waals surface area contributed by atoms with Crippen molar-refractivity contribution in [2.45, 2.75) is 13.5 Å². The Hall–Kier alpha value is -2.02. The van der Waals surface area contributed by atoms with E-state index in [0.29, 0.717) is 17.1 Å². The molecular formula is C10H8N4O2S. The van der Waals surface area contributed by atoms with Crippen molar-refractivity contribution in [3.8, 4) is 0 Å². The molecule has 0 saturated heterocycles. The van der Waals surface area contributed by atoms with Gasteiger partial charge in [0.15, 0.2) is 5.82 Å². The van der Waals surface area contributed by atoms with E-state index >= 15 is 0 Å². The molecule has 17 heavy (non-hydrogen) atoms. The van der Waals surface area contributed by atoms with Crippen molar-refractivity contribution in [1.29, 1.82) is 0 Å². The first kappa shape index (κ1) is 10.2. The summed E-state index contributed by atoms with van der Waals surface area (Å²) in [6.07, 6.45) is 1.50. The van der Waals surface area contributed by atoms with Crippen LogP contribution in [0, 0.1) is 6.92 Å². The number of nitrogens with zero attached hydrogens (tertiary/aromatic N) is 4. The lowest BCUT2D eigenvalue weighted by Gasteiger charge is -2.00. The molecule has 0 atom stereocenters. The van der Waals surface area contributed by atoms with E-state index in [0.717, 1.165) is 4.83 Å². The average Bonchev–Trinajstić information content (AvgIpc) is 2.92. The molecule has 0 unspecified atom stereocenters. The Bertz CT molecular complexity index is 727. The van der Waals surface area contributed by atoms with Crippen LogP contribution in [0.1, 0.15) is 11.7 Å². The van der Waals surface area contributed by atoms with E-state index in [1.807, 2.05) is 5.38 Å². The van der Waals surface area contributed by atoms with Gasteiger partial charge in [-0.3, -0.25) is 9.36 Å². The quantitative estimate of drug-likeness (QED) is 0.681. The fourth-order valence-corrected chi connectivity index (χ4v) is 2.28. The highest BCUT2D eigenvalue weighted by Gasteiger charge is 2.08. The second kappa shape index (κ2) is 3.77. The summed E-state index contributed by atoms with van der Waals surface area (Å²) in [5, 5.41) is 6.14. The van der Waals surface area contributed by atoms with Crippen LogP contribution in [-0.4, -0.2) is 19.7 Å². The van der Waals surface area contributed by atoms with E-state index in [1.165, 1.54) is 22.2 Å². The predicted octanol–water partition coefficient (Wildman–Crippen LogP) is 1.20. The minimum atomic E-state index is -0.0906. The van der Waals surface area contributed by atoms with Crippen LogP contribution in [-0.2, 0) is 6.54 Å². The first-order valence-corrected chi connectivity index (χ1v) is 5.84. The first-order chi connectivity index (χ1) is 8.24. The predicted molar refractivity (Wildman–Crippen MR) is 62.0 cm³/mol. The van der Waals surface area contributed by atoms with E-state index in [9.17, 15) is 4.79 Å². The monoisotopic (exact) mass is 248 g/mol. The maximum absolute atomic E-state index is 12.0. The van der Waals surface area contributed by atoms with Crippen LogP contribution in [0.2, 0.25) is 0 Å². The number of fused-ring (bicyclic) bond motifs is 1. The second-order valence-electron chi connectivity index (χ2n) is 3.55. The molecule has 86 valence electrons. The Labute approximate surface area is 99.5 Å². The van der Waals surface area contributed by atoms with Gasteiger partial charge in [-0.05, 0) is 18.4 Å². The molecule has 7 heteroatoms. The van der Waals surface area contributed by atoms with Gasteiger partial charge >= 0.3 is 0 Å². The fraction of sp³-hybridized carbons (Fsp3) is 0.200. The lowest BCUT2D eigenvalue weighted by atomic mass is 10.4. The third kappa shape index (κ3) is 1.74. The summed E-state index contributed by atoms with van der Waals surface area (Å²) >= 11 is 1.44. The Morgan fingerprint density at radius 2 is 2.41 bits per heavy atom. The molecule has 0 N–H and O–H groups in total. The van der Waals surface area contributed by atoms with Gasteiger partial charge in [0.2, 0.25) is 5.89 Å². The van der Waals surface area contributed by atoms with Gasteiger partial charge in [-0.25, -0.2) is 4.98 Å². The highest BCUT2D eigenvalue weighted by molar-refractivity contribution is 7.16. The van der Waals surface area contributed by atoms with E-state index in [2.05, 4.69) is 15.1 Å². The van der Waals surface area contributed by atoms with Gasteiger partial charge in [-0.15, -0.1) is 11.3 Å². The Balaban J connectivity index is 2.06. The molecule has 0 radical (unpaired) electrons. The molecule has 3 heterocycles. The third-order valence-corrected chi connectivity index (χ3v) is 3.15. The maximum atomic E-state index is 12.0. The molecular weight excluding hydrogens is 240 g/mol. The van der Waals surface area contributed by atoms with Crippen molar-refractivity contribution >= 4 is 21.6 Å². The van der Waals surface area contributed by atoms with Crippen LogP contribution in [0.5, 0.6) is 0 Å². The van der Waals surface area contributed by atoms with Crippen LogP contribution < -0.4 is 5.56 Å². The number of thiophene rings is 1. The van der Waals surface area contributed by atoms with Gasteiger partial charge in [0.1, 0.15) is 11.4 Å².